The van der Waals surface area contributed by atoms with Crippen molar-refractivity contribution >= 4 is 11.7 Å². The van der Waals surface area contributed by atoms with Gasteiger partial charge in [0.15, 0.2) is 5.76 Å². The molecule has 1 aromatic carbocycles. The van der Waals surface area contributed by atoms with E-state index in [-0.39, 0.29) is 23.5 Å². The SMILES string of the molecule is Nc1nc(Oc2cccc(F)c2)nc2nc(-c3ccco3)nn12. The lowest BCUT2D eigenvalue weighted by Crippen LogP contribution is -2.05. The number of hydrogen-bond acceptors (Lipinski definition) is 7. The molecule has 4 rings (SSSR count). The largest absolute Gasteiger partial charge is 0.461 e. The molecule has 114 valence electrons. The molecule has 23 heavy (non-hydrogen) atoms. The second-order valence-corrected chi connectivity index (χ2v) is 4.55. The van der Waals surface area contributed by atoms with Gasteiger partial charge < -0.3 is 14.9 Å². The summed E-state index contributed by atoms with van der Waals surface area (Å²) in [6.45, 7) is 0. The first-order valence-corrected chi connectivity index (χ1v) is 6.56. The maximum atomic E-state index is 13.2. The minimum atomic E-state index is -0.431. The van der Waals surface area contributed by atoms with Crippen molar-refractivity contribution in [1.29, 1.82) is 0 Å². The van der Waals surface area contributed by atoms with Crippen LogP contribution in [0.2, 0.25) is 0 Å². The summed E-state index contributed by atoms with van der Waals surface area (Å²) in [6.07, 6.45) is 1.51. The molecule has 0 amide bonds. The van der Waals surface area contributed by atoms with E-state index in [1.807, 2.05) is 0 Å². The van der Waals surface area contributed by atoms with Crippen LogP contribution in [0.25, 0.3) is 17.4 Å². The molecule has 0 spiro atoms. The molecule has 3 heterocycles. The summed E-state index contributed by atoms with van der Waals surface area (Å²) < 4.78 is 25.1. The average molecular weight is 312 g/mol. The normalized spacial score (nSPS) is 11.0. The molecule has 3 aromatic heterocycles. The van der Waals surface area contributed by atoms with E-state index in [0.717, 1.165) is 0 Å². The van der Waals surface area contributed by atoms with Crippen LogP contribution >= 0.6 is 0 Å². The van der Waals surface area contributed by atoms with E-state index in [1.165, 1.54) is 29.0 Å². The predicted octanol–water partition coefficient (Wildman–Crippen LogP) is 2.29. The summed E-state index contributed by atoms with van der Waals surface area (Å²) in [7, 11) is 0. The Balaban J connectivity index is 1.74. The standard InChI is InChI=1S/C14H9FN6O2/c15-8-3-1-4-9(7-8)23-14-18-12(16)21-13(19-14)17-11(20-21)10-5-2-6-22-10/h1-7H,(H2,16,17,18,19,20). The van der Waals surface area contributed by atoms with E-state index in [2.05, 4.69) is 20.1 Å². The number of anilines is 1. The van der Waals surface area contributed by atoms with Crippen molar-refractivity contribution in [2.45, 2.75) is 0 Å². The molecule has 4 aromatic rings. The van der Waals surface area contributed by atoms with Gasteiger partial charge in [-0.15, -0.1) is 5.10 Å². The Morgan fingerprint density at radius 1 is 1.13 bits per heavy atom. The maximum Gasteiger partial charge on any atom is 0.328 e. The second-order valence-electron chi connectivity index (χ2n) is 4.55. The van der Waals surface area contributed by atoms with Gasteiger partial charge in [-0.05, 0) is 24.3 Å². The van der Waals surface area contributed by atoms with Gasteiger partial charge in [0, 0.05) is 6.07 Å². The quantitative estimate of drug-likeness (QED) is 0.618. The van der Waals surface area contributed by atoms with Gasteiger partial charge in [-0.3, -0.25) is 0 Å². The molecule has 0 fully saturated rings. The number of ether oxygens (including phenoxy) is 1. The fourth-order valence-electron chi connectivity index (χ4n) is 1.98. The molecule has 0 bridgehead atoms. The number of nitrogens with zero attached hydrogens (tertiary/aromatic N) is 5. The smallest absolute Gasteiger partial charge is 0.328 e. The zero-order valence-corrected chi connectivity index (χ0v) is 11.5. The Labute approximate surface area is 128 Å². The van der Waals surface area contributed by atoms with Gasteiger partial charge in [-0.1, -0.05) is 6.07 Å². The van der Waals surface area contributed by atoms with Crippen LogP contribution in [0.3, 0.4) is 0 Å². The highest BCUT2D eigenvalue weighted by Crippen LogP contribution is 2.21. The monoisotopic (exact) mass is 312 g/mol. The topological polar surface area (TPSA) is 104 Å². The number of nitrogen functional groups attached to an aromatic ring is 1. The zero-order valence-electron chi connectivity index (χ0n) is 11.5. The van der Waals surface area contributed by atoms with Gasteiger partial charge in [-0.2, -0.15) is 19.5 Å². The van der Waals surface area contributed by atoms with Crippen molar-refractivity contribution < 1.29 is 13.5 Å². The first-order chi connectivity index (χ1) is 11.2. The lowest BCUT2D eigenvalue weighted by Gasteiger charge is -2.04. The van der Waals surface area contributed by atoms with Crippen LogP contribution in [0.5, 0.6) is 11.8 Å². The van der Waals surface area contributed by atoms with Crippen LogP contribution in [-0.4, -0.2) is 24.6 Å². The first kappa shape index (κ1) is 13.2. The highest BCUT2D eigenvalue weighted by atomic mass is 19.1. The summed E-state index contributed by atoms with van der Waals surface area (Å²) in [6, 6.07) is 8.97. The molecule has 0 aliphatic carbocycles. The van der Waals surface area contributed by atoms with Crippen LogP contribution in [0.1, 0.15) is 0 Å². The molecule has 0 radical (unpaired) electrons. The number of nitrogens with two attached hydrogens (primary N) is 1. The molecular weight excluding hydrogens is 303 g/mol. The van der Waals surface area contributed by atoms with Crippen LogP contribution in [0.4, 0.5) is 10.3 Å². The minimum absolute atomic E-state index is 0.0340. The summed E-state index contributed by atoms with van der Waals surface area (Å²) in [5, 5.41) is 4.16. The van der Waals surface area contributed by atoms with E-state index >= 15 is 0 Å². The van der Waals surface area contributed by atoms with Crippen molar-refractivity contribution in [2.24, 2.45) is 0 Å². The molecule has 0 aliphatic heterocycles. The van der Waals surface area contributed by atoms with Gasteiger partial charge in [0.25, 0.3) is 5.78 Å². The third-order valence-corrected chi connectivity index (χ3v) is 2.96. The predicted molar refractivity (Wildman–Crippen MR) is 77.2 cm³/mol. The lowest BCUT2D eigenvalue weighted by atomic mass is 10.3. The fraction of sp³-hybridized carbons (Fsp3) is 0. The Morgan fingerprint density at radius 2 is 2.04 bits per heavy atom. The van der Waals surface area contributed by atoms with Crippen LogP contribution in [0, 0.1) is 5.82 Å². The number of halogens is 1. The van der Waals surface area contributed by atoms with Gasteiger partial charge >= 0.3 is 6.01 Å². The van der Waals surface area contributed by atoms with Crippen molar-refractivity contribution in [1.82, 2.24) is 24.6 Å². The van der Waals surface area contributed by atoms with E-state index in [1.54, 1.807) is 18.2 Å². The molecule has 8 nitrogen and oxygen atoms in total. The van der Waals surface area contributed by atoms with E-state index in [9.17, 15) is 4.39 Å². The highest BCUT2D eigenvalue weighted by Gasteiger charge is 2.14. The number of benzene rings is 1. The Hall–Kier alpha value is -3.49. The van der Waals surface area contributed by atoms with Gasteiger partial charge in [-0.25, -0.2) is 4.39 Å². The Kier molecular flexibility index (Phi) is 2.90. The van der Waals surface area contributed by atoms with Crippen LogP contribution in [-0.2, 0) is 0 Å². The summed E-state index contributed by atoms with van der Waals surface area (Å²) in [5.41, 5.74) is 5.83. The third-order valence-electron chi connectivity index (χ3n) is 2.96. The molecule has 0 saturated carbocycles. The summed E-state index contributed by atoms with van der Waals surface area (Å²) in [5.74, 6) is 0.835. The number of rotatable bonds is 3. The van der Waals surface area contributed by atoms with E-state index in [4.69, 9.17) is 14.9 Å². The van der Waals surface area contributed by atoms with Gasteiger partial charge in [0.05, 0.1) is 6.26 Å². The number of hydrogen-bond donors (Lipinski definition) is 1. The number of furan rings is 1. The van der Waals surface area contributed by atoms with Crippen molar-refractivity contribution in [2.75, 3.05) is 5.73 Å². The number of fused-ring (bicyclic) bond motifs is 1. The van der Waals surface area contributed by atoms with Crippen molar-refractivity contribution in [3.05, 3.63) is 48.5 Å². The van der Waals surface area contributed by atoms with Crippen LogP contribution in [0.15, 0.2) is 47.1 Å². The van der Waals surface area contributed by atoms with Gasteiger partial charge in [0.1, 0.15) is 11.6 Å². The highest BCUT2D eigenvalue weighted by molar-refractivity contribution is 5.51. The third kappa shape index (κ3) is 2.44. The molecule has 9 heteroatoms. The fourth-order valence-corrected chi connectivity index (χ4v) is 1.98. The summed E-state index contributed by atoms with van der Waals surface area (Å²) in [4.78, 5) is 12.3. The molecule has 2 N–H and O–H groups in total. The Bertz CT molecular complexity index is 982. The second kappa shape index (κ2) is 5.05. The Morgan fingerprint density at radius 3 is 2.83 bits per heavy atom. The van der Waals surface area contributed by atoms with Crippen LogP contribution < -0.4 is 10.5 Å². The van der Waals surface area contributed by atoms with Crippen molar-refractivity contribution in [3.8, 4) is 23.3 Å². The van der Waals surface area contributed by atoms with Gasteiger partial charge in [0.2, 0.25) is 11.8 Å². The first-order valence-electron chi connectivity index (χ1n) is 6.56. The molecule has 0 saturated heterocycles. The zero-order chi connectivity index (χ0) is 15.8. The lowest BCUT2D eigenvalue weighted by molar-refractivity contribution is 0.437. The average Bonchev–Trinajstić information content (AvgIpc) is 3.16. The molecule has 0 aliphatic rings. The minimum Gasteiger partial charge on any atom is -0.461 e. The van der Waals surface area contributed by atoms with E-state index in [0.29, 0.717) is 11.6 Å². The molecule has 0 atom stereocenters. The number of aromatic nitrogens is 5. The maximum absolute atomic E-state index is 13.2. The van der Waals surface area contributed by atoms with E-state index < -0.39 is 5.82 Å². The van der Waals surface area contributed by atoms with Crippen molar-refractivity contribution in [3.63, 3.8) is 0 Å². The molecule has 0 unspecified atom stereocenters. The molecular formula is C14H9FN6O2. The summed E-state index contributed by atoms with van der Waals surface area (Å²) >= 11 is 0.